The number of methoxy groups -OCH3 is 2. The highest BCUT2D eigenvalue weighted by molar-refractivity contribution is 5.87. The molecular weight excluding hydrogens is 256 g/mol. The van der Waals surface area contributed by atoms with Crippen LogP contribution < -0.4 is 14.8 Å². The molecule has 1 heterocycles. The van der Waals surface area contributed by atoms with Crippen molar-refractivity contribution in [2.75, 3.05) is 40.4 Å². The normalized spacial score (nSPS) is 13.8. The minimum absolute atomic E-state index is 0.0431. The maximum absolute atomic E-state index is 10.9. The van der Waals surface area contributed by atoms with Gasteiger partial charge in [0.1, 0.15) is 11.5 Å². The van der Waals surface area contributed by atoms with E-state index < -0.39 is 0 Å². The Morgan fingerprint density at radius 3 is 1.95 bits per heavy atom. The topological polar surface area (TPSA) is 50.8 Å². The Kier molecular flexibility index (Phi) is 7.21. The lowest BCUT2D eigenvalue weighted by atomic mass is 10.3. The molecule has 0 saturated carbocycles. The largest absolute Gasteiger partial charge is 0.497 e. The predicted octanol–water partition coefficient (Wildman–Crippen LogP) is 1.31. The van der Waals surface area contributed by atoms with Gasteiger partial charge in [-0.1, -0.05) is 6.58 Å². The van der Waals surface area contributed by atoms with Crippen LogP contribution in [0.5, 0.6) is 11.5 Å². The third kappa shape index (κ3) is 5.32. The first-order chi connectivity index (χ1) is 9.71. The van der Waals surface area contributed by atoms with Gasteiger partial charge in [0.05, 0.1) is 14.2 Å². The van der Waals surface area contributed by atoms with Gasteiger partial charge in [-0.15, -0.1) is 0 Å². The molecule has 0 radical (unpaired) electrons. The molecule has 0 atom stereocenters. The third-order valence-corrected chi connectivity index (χ3v) is 2.90. The Balaban J connectivity index is 0.000000200. The highest BCUT2D eigenvalue weighted by Crippen LogP contribution is 2.15. The molecule has 1 aromatic carbocycles. The van der Waals surface area contributed by atoms with Crippen molar-refractivity contribution < 1.29 is 14.3 Å². The lowest BCUT2D eigenvalue weighted by Crippen LogP contribution is -2.45. The molecule has 2 rings (SSSR count). The highest BCUT2D eigenvalue weighted by Gasteiger charge is 2.11. The minimum atomic E-state index is 0.0431. The first-order valence-electron chi connectivity index (χ1n) is 6.51. The smallest absolute Gasteiger partial charge is 0.246 e. The van der Waals surface area contributed by atoms with E-state index in [2.05, 4.69) is 11.9 Å². The van der Waals surface area contributed by atoms with Gasteiger partial charge in [-0.3, -0.25) is 4.79 Å². The number of amides is 1. The summed E-state index contributed by atoms with van der Waals surface area (Å²) < 4.78 is 9.92. The lowest BCUT2D eigenvalue weighted by Gasteiger charge is -2.25. The van der Waals surface area contributed by atoms with Gasteiger partial charge >= 0.3 is 0 Å². The molecule has 20 heavy (non-hydrogen) atoms. The maximum Gasteiger partial charge on any atom is 0.246 e. The Morgan fingerprint density at radius 1 is 1.15 bits per heavy atom. The molecule has 0 unspecified atom stereocenters. The monoisotopic (exact) mass is 278 g/mol. The summed E-state index contributed by atoms with van der Waals surface area (Å²) in [4.78, 5) is 12.7. The number of piperazine rings is 1. The summed E-state index contributed by atoms with van der Waals surface area (Å²) in [6, 6.07) is 7.44. The van der Waals surface area contributed by atoms with E-state index in [-0.39, 0.29) is 5.91 Å². The molecule has 1 aromatic rings. The van der Waals surface area contributed by atoms with Gasteiger partial charge in [0.15, 0.2) is 0 Å². The van der Waals surface area contributed by atoms with E-state index in [9.17, 15) is 4.79 Å². The number of ether oxygens (including phenoxy) is 2. The van der Waals surface area contributed by atoms with Crippen LogP contribution in [0.1, 0.15) is 0 Å². The van der Waals surface area contributed by atoms with Crippen LogP contribution in [0.2, 0.25) is 0 Å². The van der Waals surface area contributed by atoms with Crippen LogP contribution in [-0.4, -0.2) is 51.2 Å². The van der Waals surface area contributed by atoms with Crippen molar-refractivity contribution in [3.63, 3.8) is 0 Å². The molecule has 1 aliphatic heterocycles. The minimum Gasteiger partial charge on any atom is -0.497 e. The Bertz CT molecular complexity index is 389. The van der Waals surface area contributed by atoms with Crippen LogP contribution in [0.4, 0.5) is 0 Å². The molecule has 1 fully saturated rings. The fraction of sp³-hybridized carbons (Fsp3) is 0.400. The van der Waals surface area contributed by atoms with Crippen molar-refractivity contribution in [2.45, 2.75) is 0 Å². The van der Waals surface area contributed by atoms with Crippen molar-refractivity contribution >= 4 is 5.91 Å². The quantitative estimate of drug-likeness (QED) is 0.847. The van der Waals surface area contributed by atoms with Gasteiger partial charge in [0, 0.05) is 26.2 Å². The fourth-order valence-electron chi connectivity index (χ4n) is 1.73. The number of hydrogen-bond donors (Lipinski definition) is 1. The molecular formula is C15H22N2O3. The number of hydrogen-bond acceptors (Lipinski definition) is 4. The summed E-state index contributed by atoms with van der Waals surface area (Å²) >= 11 is 0. The first kappa shape index (κ1) is 16.0. The molecule has 0 aromatic heterocycles. The SMILES string of the molecule is C=CC(=O)N1CCNCC1.COc1ccc(OC)cc1. The molecule has 1 aliphatic rings. The summed E-state index contributed by atoms with van der Waals surface area (Å²) in [6.07, 6.45) is 1.37. The van der Waals surface area contributed by atoms with Crippen LogP contribution in [0.15, 0.2) is 36.9 Å². The number of carbonyl (C=O) groups excluding carboxylic acids is 1. The Hall–Kier alpha value is -2.01. The summed E-state index contributed by atoms with van der Waals surface area (Å²) in [7, 11) is 3.28. The van der Waals surface area contributed by atoms with Crippen molar-refractivity contribution in [3.05, 3.63) is 36.9 Å². The van der Waals surface area contributed by atoms with E-state index in [1.54, 1.807) is 19.1 Å². The summed E-state index contributed by atoms with van der Waals surface area (Å²) in [5.41, 5.74) is 0. The van der Waals surface area contributed by atoms with Crippen LogP contribution >= 0.6 is 0 Å². The first-order valence-corrected chi connectivity index (χ1v) is 6.51. The second kappa shape index (κ2) is 8.98. The maximum atomic E-state index is 10.9. The second-order valence-corrected chi connectivity index (χ2v) is 4.16. The molecule has 0 bridgehead atoms. The molecule has 1 N–H and O–H groups in total. The van der Waals surface area contributed by atoms with Gasteiger partial charge < -0.3 is 19.7 Å². The van der Waals surface area contributed by atoms with Gasteiger partial charge in [0.25, 0.3) is 0 Å². The summed E-state index contributed by atoms with van der Waals surface area (Å²) in [6.45, 7) is 6.85. The molecule has 0 spiro atoms. The molecule has 5 nitrogen and oxygen atoms in total. The second-order valence-electron chi connectivity index (χ2n) is 4.16. The molecule has 5 heteroatoms. The number of carbonyl (C=O) groups is 1. The van der Waals surface area contributed by atoms with Crippen molar-refractivity contribution in [1.29, 1.82) is 0 Å². The predicted molar refractivity (Wildman–Crippen MR) is 79.2 cm³/mol. The Morgan fingerprint density at radius 2 is 1.60 bits per heavy atom. The Labute approximate surface area is 120 Å². The number of nitrogens with one attached hydrogen (secondary N) is 1. The van der Waals surface area contributed by atoms with Crippen LogP contribution in [-0.2, 0) is 4.79 Å². The van der Waals surface area contributed by atoms with Crippen LogP contribution in [0, 0.1) is 0 Å². The van der Waals surface area contributed by atoms with E-state index >= 15 is 0 Å². The lowest BCUT2D eigenvalue weighted by molar-refractivity contribution is -0.126. The standard InChI is InChI=1S/C8H10O2.C7H12N2O/c1-9-7-3-5-8(10-2)6-4-7;1-2-7(10)9-5-3-8-4-6-9/h3-6H,1-2H3;2,8H,1,3-6H2. The zero-order valence-electron chi connectivity index (χ0n) is 12.1. The van der Waals surface area contributed by atoms with Gasteiger partial charge in [-0.2, -0.15) is 0 Å². The van der Waals surface area contributed by atoms with E-state index in [1.807, 2.05) is 24.3 Å². The summed E-state index contributed by atoms with van der Waals surface area (Å²) in [5.74, 6) is 1.74. The highest BCUT2D eigenvalue weighted by atomic mass is 16.5. The number of nitrogens with zero attached hydrogens (tertiary/aromatic N) is 1. The van der Waals surface area contributed by atoms with Gasteiger partial charge in [-0.05, 0) is 30.3 Å². The molecule has 0 aliphatic carbocycles. The van der Waals surface area contributed by atoms with Crippen LogP contribution in [0.3, 0.4) is 0 Å². The van der Waals surface area contributed by atoms with Gasteiger partial charge in [-0.25, -0.2) is 0 Å². The van der Waals surface area contributed by atoms with E-state index in [4.69, 9.17) is 9.47 Å². The van der Waals surface area contributed by atoms with Crippen molar-refractivity contribution in [3.8, 4) is 11.5 Å². The van der Waals surface area contributed by atoms with Crippen molar-refractivity contribution in [1.82, 2.24) is 10.2 Å². The zero-order chi connectivity index (χ0) is 14.8. The average molecular weight is 278 g/mol. The molecule has 1 amide bonds. The van der Waals surface area contributed by atoms with Crippen LogP contribution in [0.25, 0.3) is 0 Å². The molecule has 1 saturated heterocycles. The van der Waals surface area contributed by atoms with Gasteiger partial charge in [0.2, 0.25) is 5.91 Å². The van der Waals surface area contributed by atoms with Crippen molar-refractivity contribution in [2.24, 2.45) is 0 Å². The molecule has 110 valence electrons. The van der Waals surface area contributed by atoms with E-state index in [0.717, 1.165) is 37.7 Å². The summed E-state index contributed by atoms with van der Waals surface area (Å²) in [5, 5.41) is 3.17. The third-order valence-electron chi connectivity index (χ3n) is 2.90. The average Bonchev–Trinajstić information content (AvgIpc) is 2.55. The number of rotatable bonds is 3. The van der Waals surface area contributed by atoms with E-state index in [1.165, 1.54) is 6.08 Å². The number of benzene rings is 1. The zero-order valence-corrected chi connectivity index (χ0v) is 12.1. The fourth-order valence-corrected chi connectivity index (χ4v) is 1.73. The van der Waals surface area contributed by atoms with E-state index in [0.29, 0.717) is 0 Å².